The zero-order valence-corrected chi connectivity index (χ0v) is 10.9. The number of methoxy groups -OCH3 is 2. The third-order valence-electron chi connectivity index (χ3n) is 3.02. The molecular weight excluding hydrogens is 253 g/mol. The van der Waals surface area contributed by atoms with E-state index in [1.165, 1.54) is 26.5 Å². The minimum atomic E-state index is -0.561. The Hall–Kier alpha value is -1.85. The first-order chi connectivity index (χ1) is 9.19. The number of alkyl halides is 1. The quantitative estimate of drug-likeness (QED) is 0.739. The van der Waals surface area contributed by atoms with Crippen LogP contribution in [0.25, 0.3) is 0 Å². The van der Waals surface area contributed by atoms with Crippen molar-refractivity contribution >= 4 is 5.97 Å². The monoisotopic (exact) mass is 269 g/mol. The fourth-order valence-electron chi connectivity index (χ4n) is 1.77. The number of pyridine rings is 1. The minimum absolute atomic E-state index is 0.120. The number of carbonyl (C=O) groups excluding carboxylic acids is 1. The van der Waals surface area contributed by atoms with E-state index >= 15 is 0 Å². The first kappa shape index (κ1) is 13.6. The normalized spacial score (nSPS) is 15.7. The summed E-state index contributed by atoms with van der Waals surface area (Å²) in [6.07, 6.45) is 2.84. The van der Waals surface area contributed by atoms with Crippen molar-refractivity contribution in [2.24, 2.45) is 5.92 Å². The van der Waals surface area contributed by atoms with E-state index in [1.807, 2.05) is 0 Å². The maximum absolute atomic E-state index is 12.9. The molecule has 0 saturated heterocycles. The molecular formula is C13H16FNO4. The summed E-state index contributed by atoms with van der Waals surface area (Å²) < 4.78 is 28.1. The van der Waals surface area contributed by atoms with Gasteiger partial charge in [0.25, 0.3) is 0 Å². The second-order valence-corrected chi connectivity index (χ2v) is 4.36. The molecule has 0 N–H and O–H groups in total. The van der Waals surface area contributed by atoms with Crippen molar-refractivity contribution in [1.82, 2.24) is 4.98 Å². The molecule has 0 spiro atoms. The standard InChI is InChI=1S/C13H16FNO4/c1-17-10-5-9(13(16)18-2)15-7-12(10)19-11(6-14)8-3-4-8/h5,7-8,11H,3-4,6H2,1-2H3. The average Bonchev–Trinajstić information content (AvgIpc) is 3.28. The van der Waals surface area contributed by atoms with Gasteiger partial charge in [0, 0.05) is 6.07 Å². The molecule has 104 valence electrons. The van der Waals surface area contributed by atoms with Gasteiger partial charge in [-0.1, -0.05) is 0 Å². The molecule has 0 radical (unpaired) electrons. The van der Waals surface area contributed by atoms with Crippen LogP contribution < -0.4 is 9.47 Å². The molecule has 1 aromatic heterocycles. The molecule has 1 aliphatic rings. The molecule has 6 heteroatoms. The lowest BCUT2D eigenvalue weighted by molar-refractivity contribution is 0.0593. The Morgan fingerprint density at radius 1 is 1.47 bits per heavy atom. The van der Waals surface area contributed by atoms with E-state index in [0.29, 0.717) is 11.5 Å². The summed E-state index contributed by atoms with van der Waals surface area (Å²) in [5, 5.41) is 0. The van der Waals surface area contributed by atoms with E-state index in [-0.39, 0.29) is 11.6 Å². The van der Waals surface area contributed by atoms with Gasteiger partial charge in [-0.25, -0.2) is 14.2 Å². The fraction of sp³-hybridized carbons (Fsp3) is 0.538. The molecule has 0 aromatic carbocycles. The molecule has 5 nitrogen and oxygen atoms in total. The van der Waals surface area contributed by atoms with Gasteiger partial charge in [-0.05, 0) is 18.8 Å². The summed E-state index contributed by atoms with van der Waals surface area (Å²) in [6.45, 7) is -0.549. The van der Waals surface area contributed by atoms with Crippen LogP contribution in [0, 0.1) is 5.92 Å². The second kappa shape index (κ2) is 5.86. The topological polar surface area (TPSA) is 57.7 Å². The molecule has 0 amide bonds. The zero-order chi connectivity index (χ0) is 13.8. The Balaban J connectivity index is 2.17. The number of nitrogens with zero attached hydrogens (tertiary/aromatic N) is 1. The number of hydrogen-bond donors (Lipinski definition) is 0. The van der Waals surface area contributed by atoms with Gasteiger partial charge in [-0.3, -0.25) is 0 Å². The summed E-state index contributed by atoms with van der Waals surface area (Å²) in [7, 11) is 2.72. The highest BCUT2D eigenvalue weighted by molar-refractivity contribution is 5.87. The molecule has 0 aliphatic heterocycles. The number of hydrogen-bond acceptors (Lipinski definition) is 5. The molecule has 2 rings (SSSR count). The van der Waals surface area contributed by atoms with Crippen LogP contribution in [0.5, 0.6) is 11.5 Å². The van der Waals surface area contributed by atoms with E-state index < -0.39 is 18.7 Å². The van der Waals surface area contributed by atoms with Crippen LogP contribution in [0.2, 0.25) is 0 Å². The van der Waals surface area contributed by atoms with Gasteiger partial charge in [0.05, 0.1) is 20.4 Å². The van der Waals surface area contributed by atoms with E-state index in [0.717, 1.165) is 12.8 Å². The predicted octanol–water partition coefficient (Wildman–Crippen LogP) is 2.00. The molecule has 1 fully saturated rings. The highest BCUT2D eigenvalue weighted by Gasteiger charge is 2.33. The lowest BCUT2D eigenvalue weighted by Gasteiger charge is -2.17. The lowest BCUT2D eigenvalue weighted by atomic mass is 10.2. The van der Waals surface area contributed by atoms with E-state index in [4.69, 9.17) is 9.47 Å². The fourth-order valence-corrected chi connectivity index (χ4v) is 1.77. The van der Waals surface area contributed by atoms with E-state index in [9.17, 15) is 9.18 Å². The maximum Gasteiger partial charge on any atom is 0.356 e. The average molecular weight is 269 g/mol. The molecule has 19 heavy (non-hydrogen) atoms. The summed E-state index contributed by atoms with van der Waals surface area (Å²) >= 11 is 0. The molecule has 1 aromatic rings. The Morgan fingerprint density at radius 2 is 2.21 bits per heavy atom. The minimum Gasteiger partial charge on any atom is -0.493 e. The van der Waals surface area contributed by atoms with Crippen LogP contribution in [0.4, 0.5) is 4.39 Å². The Morgan fingerprint density at radius 3 is 2.74 bits per heavy atom. The number of esters is 1. The van der Waals surface area contributed by atoms with Crippen molar-refractivity contribution in [3.8, 4) is 11.5 Å². The Labute approximate surface area is 110 Å². The zero-order valence-electron chi connectivity index (χ0n) is 10.9. The van der Waals surface area contributed by atoms with Gasteiger partial charge >= 0.3 is 5.97 Å². The van der Waals surface area contributed by atoms with Gasteiger partial charge in [0.15, 0.2) is 17.2 Å². The van der Waals surface area contributed by atoms with Gasteiger partial charge in [0.2, 0.25) is 0 Å². The van der Waals surface area contributed by atoms with Crippen molar-refractivity contribution in [2.45, 2.75) is 18.9 Å². The van der Waals surface area contributed by atoms with Crippen molar-refractivity contribution in [2.75, 3.05) is 20.9 Å². The second-order valence-electron chi connectivity index (χ2n) is 4.36. The van der Waals surface area contributed by atoms with E-state index in [2.05, 4.69) is 9.72 Å². The first-order valence-electron chi connectivity index (χ1n) is 6.04. The van der Waals surface area contributed by atoms with Crippen LogP contribution in [0.1, 0.15) is 23.3 Å². The molecule has 1 aliphatic carbocycles. The van der Waals surface area contributed by atoms with Crippen LogP contribution in [0.3, 0.4) is 0 Å². The van der Waals surface area contributed by atoms with Gasteiger partial charge in [0.1, 0.15) is 12.8 Å². The third kappa shape index (κ3) is 3.13. The molecule has 1 atom stereocenters. The Bertz CT molecular complexity index is 462. The lowest BCUT2D eigenvalue weighted by Crippen LogP contribution is -2.21. The van der Waals surface area contributed by atoms with Crippen LogP contribution in [0.15, 0.2) is 12.3 Å². The van der Waals surface area contributed by atoms with Gasteiger partial charge in [-0.2, -0.15) is 0 Å². The molecule has 1 saturated carbocycles. The number of rotatable bonds is 6. The van der Waals surface area contributed by atoms with Gasteiger partial charge < -0.3 is 14.2 Å². The van der Waals surface area contributed by atoms with Crippen LogP contribution in [-0.4, -0.2) is 38.0 Å². The predicted molar refractivity (Wildman–Crippen MR) is 65.2 cm³/mol. The molecule has 0 bridgehead atoms. The smallest absolute Gasteiger partial charge is 0.356 e. The SMILES string of the molecule is COC(=O)c1cc(OC)c(OC(CF)C2CC2)cn1. The van der Waals surface area contributed by atoms with Crippen LogP contribution >= 0.6 is 0 Å². The highest BCUT2D eigenvalue weighted by atomic mass is 19.1. The summed E-state index contributed by atoms with van der Waals surface area (Å²) in [4.78, 5) is 15.3. The molecule has 1 heterocycles. The number of halogens is 1. The first-order valence-corrected chi connectivity index (χ1v) is 6.04. The van der Waals surface area contributed by atoms with Crippen molar-refractivity contribution < 1.29 is 23.4 Å². The van der Waals surface area contributed by atoms with Crippen molar-refractivity contribution in [3.63, 3.8) is 0 Å². The molecule has 1 unspecified atom stereocenters. The Kier molecular flexibility index (Phi) is 4.19. The number of carbonyl (C=O) groups is 1. The van der Waals surface area contributed by atoms with Crippen molar-refractivity contribution in [1.29, 1.82) is 0 Å². The third-order valence-corrected chi connectivity index (χ3v) is 3.02. The largest absolute Gasteiger partial charge is 0.493 e. The number of aromatic nitrogens is 1. The van der Waals surface area contributed by atoms with Gasteiger partial charge in [-0.15, -0.1) is 0 Å². The number of ether oxygens (including phenoxy) is 3. The van der Waals surface area contributed by atoms with E-state index in [1.54, 1.807) is 0 Å². The summed E-state index contributed by atoms with van der Waals surface area (Å²) in [5.41, 5.74) is 0.120. The summed E-state index contributed by atoms with van der Waals surface area (Å²) in [6, 6.07) is 1.42. The maximum atomic E-state index is 12.9. The van der Waals surface area contributed by atoms with Crippen LogP contribution in [-0.2, 0) is 4.74 Å². The summed E-state index contributed by atoms with van der Waals surface area (Å²) in [5.74, 6) is 0.378. The highest BCUT2D eigenvalue weighted by Crippen LogP contribution is 2.37. The van der Waals surface area contributed by atoms with Crippen molar-refractivity contribution in [3.05, 3.63) is 18.0 Å².